The van der Waals surface area contributed by atoms with Crippen molar-refractivity contribution in [3.8, 4) is 5.75 Å². The van der Waals surface area contributed by atoms with Crippen molar-refractivity contribution >= 4 is 55.6 Å². The Bertz CT molecular complexity index is 1840. The van der Waals surface area contributed by atoms with Crippen LogP contribution in [-0.2, 0) is 16.6 Å². The van der Waals surface area contributed by atoms with Crippen LogP contribution in [0.2, 0.25) is 5.02 Å². The van der Waals surface area contributed by atoms with E-state index in [0.29, 0.717) is 11.3 Å². The molecule has 1 aliphatic rings. The van der Waals surface area contributed by atoms with Crippen molar-refractivity contribution in [2.45, 2.75) is 30.7 Å². The SMILES string of the molecule is COc1ccc(CN(c2nccs2)S(=O)(=O)c2cc(Cl)c(NCC(F)(F)CCN3C(=O)c4ccccc4C3=O)cc2F)c(C)c1. The number of carbonyl (C=O) groups excluding carboxylic acids is 2. The van der Waals surface area contributed by atoms with Gasteiger partial charge in [-0.1, -0.05) is 29.8 Å². The Morgan fingerprint density at radius 3 is 2.38 bits per heavy atom. The molecule has 0 saturated carbocycles. The Balaban J connectivity index is 1.31. The Kier molecular flexibility index (Phi) is 9.10. The third-order valence-electron chi connectivity index (χ3n) is 7.20. The zero-order valence-corrected chi connectivity index (χ0v) is 26.3. The predicted octanol–water partition coefficient (Wildman–Crippen LogP) is 6.38. The minimum Gasteiger partial charge on any atom is -0.497 e. The number of fused-ring (bicyclic) bond motifs is 1. The number of benzene rings is 3. The molecule has 0 aliphatic carbocycles. The third kappa shape index (κ3) is 6.63. The average molecular weight is 679 g/mol. The fraction of sp³-hybridized carbons (Fsp3) is 0.233. The lowest BCUT2D eigenvalue weighted by Crippen LogP contribution is -2.37. The number of amides is 2. The van der Waals surface area contributed by atoms with Gasteiger partial charge in [0.2, 0.25) is 0 Å². The van der Waals surface area contributed by atoms with Crippen LogP contribution in [0.15, 0.2) is 71.1 Å². The fourth-order valence-electron chi connectivity index (χ4n) is 4.73. The molecule has 1 aliphatic heterocycles. The summed E-state index contributed by atoms with van der Waals surface area (Å²) in [7, 11) is -3.07. The molecule has 1 aromatic heterocycles. The number of rotatable bonds is 12. The van der Waals surface area contributed by atoms with E-state index in [2.05, 4.69) is 10.3 Å². The molecule has 9 nitrogen and oxygen atoms in total. The Morgan fingerprint density at radius 1 is 1.09 bits per heavy atom. The van der Waals surface area contributed by atoms with Gasteiger partial charge in [-0.3, -0.25) is 14.5 Å². The van der Waals surface area contributed by atoms with Crippen LogP contribution < -0.4 is 14.4 Å². The van der Waals surface area contributed by atoms with Crippen LogP contribution in [0.4, 0.5) is 24.0 Å². The van der Waals surface area contributed by atoms with Crippen molar-refractivity contribution in [2.24, 2.45) is 0 Å². The highest BCUT2D eigenvalue weighted by Gasteiger charge is 2.38. The van der Waals surface area contributed by atoms with E-state index in [1.165, 1.54) is 25.4 Å². The molecule has 0 radical (unpaired) electrons. The first kappa shape index (κ1) is 32.3. The van der Waals surface area contributed by atoms with Crippen LogP contribution in [-0.4, -0.2) is 56.2 Å². The monoisotopic (exact) mass is 678 g/mol. The van der Waals surface area contributed by atoms with Gasteiger partial charge in [-0.2, -0.15) is 0 Å². The number of carbonyl (C=O) groups is 2. The molecule has 1 N–H and O–H groups in total. The number of ether oxygens (including phenoxy) is 1. The average Bonchev–Trinajstić information content (AvgIpc) is 3.62. The second-order valence-corrected chi connectivity index (χ2v) is 13.3. The van der Waals surface area contributed by atoms with E-state index >= 15 is 4.39 Å². The molecule has 4 aromatic rings. The van der Waals surface area contributed by atoms with Crippen LogP contribution in [0, 0.1) is 12.7 Å². The van der Waals surface area contributed by atoms with Gasteiger partial charge < -0.3 is 10.1 Å². The third-order valence-corrected chi connectivity index (χ3v) is 10.2. The summed E-state index contributed by atoms with van der Waals surface area (Å²) in [6, 6.07) is 12.7. The molecular formula is C30H26ClF3N4O5S2. The van der Waals surface area contributed by atoms with Gasteiger partial charge >= 0.3 is 0 Å². The summed E-state index contributed by atoms with van der Waals surface area (Å²) in [5.74, 6) is -5.40. The minimum atomic E-state index is -4.57. The highest BCUT2D eigenvalue weighted by atomic mass is 35.5. The second kappa shape index (κ2) is 12.7. The van der Waals surface area contributed by atoms with Crippen LogP contribution in [0.5, 0.6) is 5.75 Å². The number of anilines is 2. The summed E-state index contributed by atoms with van der Waals surface area (Å²) in [4.78, 5) is 29.1. The van der Waals surface area contributed by atoms with Crippen LogP contribution in [0.3, 0.4) is 0 Å². The summed E-state index contributed by atoms with van der Waals surface area (Å²) in [5, 5.41) is 3.70. The normalized spacial score (nSPS) is 13.2. The molecule has 45 heavy (non-hydrogen) atoms. The van der Waals surface area contributed by atoms with E-state index in [4.69, 9.17) is 16.3 Å². The van der Waals surface area contributed by atoms with Gasteiger partial charge in [0.05, 0.1) is 42.0 Å². The molecule has 0 unspecified atom stereocenters. The molecule has 15 heteroatoms. The van der Waals surface area contributed by atoms with E-state index in [0.717, 1.165) is 38.2 Å². The molecule has 0 saturated heterocycles. The van der Waals surface area contributed by atoms with Crippen molar-refractivity contribution in [3.63, 3.8) is 0 Å². The number of aromatic nitrogens is 1. The smallest absolute Gasteiger partial charge is 0.269 e. The summed E-state index contributed by atoms with van der Waals surface area (Å²) in [6.07, 6.45) is 0.542. The van der Waals surface area contributed by atoms with E-state index in [-0.39, 0.29) is 33.5 Å². The molecule has 0 atom stereocenters. The predicted molar refractivity (Wildman–Crippen MR) is 164 cm³/mol. The highest BCUT2D eigenvalue weighted by molar-refractivity contribution is 7.93. The molecule has 2 amide bonds. The number of sulfonamides is 1. The number of nitrogens with zero attached hydrogens (tertiary/aromatic N) is 3. The zero-order chi connectivity index (χ0) is 32.5. The first-order valence-corrected chi connectivity index (χ1v) is 16.1. The first-order valence-electron chi connectivity index (χ1n) is 13.4. The molecule has 0 fully saturated rings. The summed E-state index contributed by atoms with van der Waals surface area (Å²) < 4.78 is 78.8. The summed E-state index contributed by atoms with van der Waals surface area (Å²) >= 11 is 7.31. The molecule has 2 heterocycles. The van der Waals surface area contributed by atoms with Gasteiger partial charge in [0, 0.05) is 24.5 Å². The zero-order valence-electron chi connectivity index (χ0n) is 23.9. The van der Waals surface area contributed by atoms with E-state index in [1.807, 2.05) is 0 Å². The van der Waals surface area contributed by atoms with Crippen LogP contribution in [0.1, 0.15) is 38.3 Å². The topological polar surface area (TPSA) is 109 Å². The van der Waals surface area contributed by atoms with Crippen molar-refractivity contribution in [1.82, 2.24) is 9.88 Å². The maximum absolute atomic E-state index is 15.4. The lowest BCUT2D eigenvalue weighted by Gasteiger charge is -2.24. The summed E-state index contributed by atoms with van der Waals surface area (Å²) in [6.45, 7) is 0.0318. The number of aryl methyl sites for hydroxylation is 1. The number of imide groups is 1. The number of hydrogen-bond donors (Lipinski definition) is 1. The number of hydrogen-bond acceptors (Lipinski definition) is 8. The van der Waals surface area contributed by atoms with Crippen LogP contribution in [0.25, 0.3) is 0 Å². The van der Waals surface area contributed by atoms with Gasteiger partial charge in [0.1, 0.15) is 16.5 Å². The van der Waals surface area contributed by atoms with Gasteiger partial charge in [0.15, 0.2) is 5.13 Å². The Hall–Kier alpha value is -4.14. The lowest BCUT2D eigenvalue weighted by molar-refractivity contribution is -0.0000313. The van der Waals surface area contributed by atoms with Gasteiger partial charge in [-0.25, -0.2) is 30.9 Å². The molecule has 3 aromatic carbocycles. The number of methoxy groups -OCH3 is 1. The van der Waals surface area contributed by atoms with E-state index < -0.39 is 58.0 Å². The van der Waals surface area contributed by atoms with E-state index in [1.54, 1.807) is 42.6 Å². The maximum atomic E-state index is 15.4. The molecule has 236 valence electrons. The van der Waals surface area contributed by atoms with Gasteiger partial charge in [-0.15, -0.1) is 11.3 Å². The minimum absolute atomic E-state index is 0.0839. The quantitative estimate of drug-likeness (QED) is 0.173. The molecule has 0 spiro atoms. The second-order valence-electron chi connectivity index (χ2n) is 10.1. The Morgan fingerprint density at radius 2 is 1.78 bits per heavy atom. The van der Waals surface area contributed by atoms with Crippen molar-refractivity contribution in [3.05, 3.63) is 99.3 Å². The molecule has 5 rings (SSSR count). The number of halogens is 4. The number of alkyl halides is 2. The highest BCUT2D eigenvalue weighted by Crippen LogP contribution is 2.35. The van der Waals surface area contributed by atoms with E-state index in [9.17, 15) is 26.8 Å². The van der Waals surface area contributed by atoms with Crippen molar-refractivity contribution in [2.75, 3.05) is 29.8 Å². The number of thiazole rings is 1. The van der Waals surface area contributed by atoms with Crippen LogP contribution >= 0.6 is 22.9 Å². The van der Waals surface area contributed by atoms with Gasteiger partial charge in [0.25, 0.3) is 27.8 Å². The largest absolute Gasteiger partial charge is 0.497 e. The summed E-state index contributed by atoms with van der Waals surface area (Å²) in [5.41, 5.74) is 1.37. The van der Waals surface area contributed by atoms with Crippen molar-refractivity contribution < 1.29 is 35.9 Å². The molecule has 0 bridgehead atoms. The van der Waals surface area contributed by atoms with Crippen molar-refractivity contribution in [1.29, 1.82) is 0 Å². The number of nitrogens with one attached hydrogen (secondary N) is 1. The van der Waals surface area contributed by atoms with Gasteiger partial charge in [-0.05, 0) is 54.4 Å². The molecular weight excluding hydrogens is 653 g/mol. The standard InChI is InChI=1S/C30H26ClF3N4O5S2/c1-18-13-20(43-2)8-7-19(18)16-38(29-35-10-12-44-29)45(41,42)26-14-23(31)25(15-24(26)32)36-17-30(33,34)9-11-37-27(39)21-5-3-4-6-22(21)28(37)40/h3-8,10,12-15,36H,9,11,16-17H2,1-2H3. The lowest BCUT2D eigenvalue weighted by atomic mass is 10.1. The maximum Gasteiger partial charge on any atom is 0.269 e. The first-order chi connectivity index (χ1) is 21.3. The fourth-order valence-corrected chi connectivity index (χ4v) is 7.37. The Labute approximate surface area is 266 Å².